The van der Waals surface area contributed by atoms with Crippen LogP contribution in [0.3, 0.4) is 0 Å². The number of rotatable bonds is 1. The molecule has 0 amide bonds. The van der Waals surface area contributed by atoms with Crippen LogP contribution in [0, 0.1) is 0 Å². The topological polar surface area (TPSA) is 21.6 Å². The Bertz CT molecular complexity index is 907. The Morgan fingerprint density at radius 1 is 0.864 bits per heavy atom. The van der Waals surface area contributed by atoms with E-state index in [0.29, 0.717) is 0 Å². The van der Waals surface area contributed by atoms with Gasteiger partial charge in [0.25, 0.3) is 0 Å². The van der Waals surface area contributed by atoms with Gasteiger partial charge in [-0.1, -0.05) is 60.7 Å². The van der Waals surface area contributed by atoms with Gasteiger partial charge in [-0.05, 0) is 28.0 Å². The minimum atomic E-state index is 0.158. The third-order valence-corrected chi connectivity index (χ3v) is 4.69. The molecule has 1 heterocycles. The van der Waals surface area contributed by atoms with E-state index >= 15 is 0 Å². The molecule has 0 bridgehead atoms. The van der Waals surface area contributed by atoms with Gasteiger partial charge in [0, 0.05) is 12.0 Å². The zero-order chi connectivity index (χ0) is 14.5. The monoisotopic (exact) mass is 285 g/mol. The zero-order valence-corrected chi connectivity index (χ0v) is 12.1. The second kappa shape index (κ2) is 4.44. The van der Waals surface area contributed by atoms with Crippen molar-refractivity contribution in [3.05, 3.63) is 83.4 Å². The van der Waals surface area contributed by atoms with Gasteiger partial charge >= 0.3 is 0 Å². The lowest BCUT2D eigenvalue weighted by atomic mass is 10.0. The summed E-state index contributed by atoms with van der Waals surface area (Å²) >= 11 is 0. The molecule has 2 nitrogen and oxygen atoms in total. The van der Waals surface area contributed by atoms with Gasteiger partial charge in [-0.15, -0.1) is 0 Å². The molecule has 22 heavy (non-hydrogen) atoms. The van der Waals surface area contributed by atoms with Crippen LogP contribution in [-0.4, -0.2) is 12.0 Å². The molecule has 5 rings (SSSR count). The molecule has 3 aromatic rings. The molecule has 0 saturated heterocycles. The molecule has 0 saturated carbocycles. The van der Waals surface area contributed by atoms with E-state index in [2.05, 4.69) is 66.7 Å². The molecule has 3 aromatic carbocycles. The molecule has 0 radical (unpaired) electrons. The van der Waals surface area contributed by atoms with Crippen molar-refractivity contribution in [1.29, 1.82) is 0 Å². The SMILES string of the molecule is c1ccc2c(c1)C[C@@H]1OC(c3cccc4ccccc34)=N[C@H]21. The molecule has 0 N–H and O–H groups in total. The summed E-state index contributed by atoms with van der Waals surface area (Å²) in [4.78, 5) is 4.91. The quantitative estimate of drug-likeness (QED) is 0.654. The standard InChI is InChI=1S/C20H15NO/c1-3-9-15-13(6-1)8-5-11-17(15)20-21-19-16-10-4-2-7-14(16)12-18(19)22-20/h1-11,18-19H,12H2/t18-,19+/m0/s1. The van der Waals surface area contributed by atoms with Crippen LogP contribution < -0.4 is 0 Å². The fraction of sp³-hybridized carbons (Fsp3) is 0.150. The summed E-state index contributed by atoms with van der Waals surface area (Å²) in [5, 5.41) is 2.43. The molecule has 1 aliphatic carbocycles. The van der Waals surface area contributed by atoms with Crippen molar-refractivity contribution >= 4 is 16.7 Å². The van der Waals surface area contributed by atoms with E-state index in [1.807, 2.05) is 0 Å². The highest BCUT2D eigenvalue weighted by Gasteiger charge is 2.39. The van der Waals surface area contributed by atoms with Gasteiger partial charge in [-0.2, -0.15) is 0 Å². The molecular weight excluding hydrogens is 270 g/mol. The van der Waals surface area contributed by atoms with Crippen molar-refractivity contribution in [2.24, 2.45) is 4.99 Å². The van der Waals surface area contributed by atoms with E-state index in [1.165, 1.54) is 21.9 Å². The van der Waals surface area contributed by atoms with Crippen molar-refractivity contribution in [1.82, 2.24) is 0 Å². The van der Waals surface area contributed by atoms with E-state index in [9.17, 15) is 0 Å². The average molecular weight is 285 g/mol. The van der Waals surface area contributed by atoms with Crippen molar-refractivity contribution in [3.63, 3.8) is 0 Å². The van der Waals surface area contributed by atoms with E-state index in [0.717, 1.165) is 17.9 Å². The van der Waals surface area contributed by atoms with Gasteiger partial charge in [0.1, 0.15) is 12.1 Å². The Hall–Kier alpha value is -2.61. The first kappa shape index (κ1) is 12.0. The first-order valence-corrected chi connectivity index (χ1v) is 7.70. The lowest BCUT2D eigenvalue weighted by molar-refractivity contribution is 0.206. The molecule has 2 atom stereocenters. The number of hydrogen-bond acceptors (Lipinski definition) is 2. The largest absolute Gasteiger partial charge is 0.471 e. The van der Waals surface area contributed by atoms with Crippen LogP contribution in [0.4, 0.5) is 0 Å². The smallest absolute Gasteiger partial charge is 0.217 e. The summed E-state index contributed by atoms with van der Waals surface area (Å²) in [6.45, 7) is 0. The molecule has 0 spiro atoms. The minimum Gasteiger partial charge on any atom is -0.471 e. The summed E-state index contributed by atoms with van der Waals surface area (Å²) in [5.74, 6) is 0.793. The maximum Gasteiger partial charge on any atom is 0.217 e. The van der Waals surface area contributed by atoms with Crippen molar-refractivity contribution in [2.45, 2.75) is 18.6 Å². The molecule has 2 heteroatoms. The zero-order valence-electron chi connectivity index (χ0n) is 12.1. The van der Waals surface area contributed by atoms with Crippen LogP contribution in [0.25, 0.3) is 10.8 Å². The molecule has 2 aliphatic rings. The van der Waals surface area contributed by atoms with Crippen LogP contribution in [0.2, 0.25) is 0 Å². The number of aliphatic imine (C=N–C) groups is 1. The highest BCUT2D eigenvalue weighted by atomic mass is 16.5. The Kier molecular flexibility index (Phi) is 2.42. The van der Waals surface area contributed by atoms with Crippen LogP contribution in [0.1, 0.15) is 22.7 Å². The molecule has 1 aliphatic heterocycles. The molecule has 0 unspecified atom stereocenters. The number of ether oxygens (including phenoxy) is 1. The summed E-state index contributed by atoms with van der Waals surface area (Å²) in [5.41, 5.74) is 3.80. The van der Waals surface area contributed by atoms with Crippen molar-refractivity contribution in [2.75, 3.05) is 0 Å². The third kappa shape index (κ3) is 1.64. The average Bonchev–Trinajstić information content (AvgIpc) is 3.12. The second-order valence-corrected chi connectivity index (χ2v) is 5.97. The highest BCUT2D eigenvalue weighted by molar-refractivity contribution is 6.07. The van der Waals surface area contributed by atoms with Crippen LogP contribution in [-0.2, 0) is 11.2 Å². The maximum absolute atomic E-state index is 6.21. The molecule has 0 aromatic heterocycles. The fourth-order valence-electron chi connectivity index (χ4n) is 3.64. The summed E-state index contributed by atoms with van der Waals surface area (Å²) < 4.78 is 6.21. The van der Waals surface area contributed by atoms with E-state index < -0.39 is 0 Å². The molecule has 0 fully saturated rings. The van der Waals surface area contributed by atoms with E-state index in [-0.39, 0.29) is 12.1 Å². The fourth-order valence-corrected chi connectivity index (χ4v) is 3.64. The molecular formula is C20H15NO. The maximum atomic E-state index is 6.21. The van der Waals surface area contributed by atoms with Gasteiger partial charge in [0.15, 0.2) is 0 Å². The lowest BCUT2D eigenvalue weighted by Crippen LogP contribution is -2.13. The predicted molar refractivity (Wildman–Crippen MR) is 88.2 cm³/mol. The van der Waals surface area contributed by atoms with Crippen LogP contribution in [0.15, 0.2) is 71.7 Å². The van der Waals surface area contributed by atoms with Gasteiger partial charge in [-0.3, -0.25) is 0 Å². The van der Waals surface area contributed by atoms with Gasteiger partial charge in [0.05, 0.1) is 0 Å². The first-order chi connectivity index (χ1) is 10.9. The molecule has 106 valence electrons. The predicted octanol–water partition coefficient (Wildman–Crippen LogP) is 4.28. The number of fused-ring (bicyclic) bond motifs is 4. The first-order valence-electron chi connectivity index (χ1n) is 7.70. The van der Waals surface area contributed by atoms with Crippen LogP contribution >= 0.6 is 0 Å². The second-order valence-electron chi connectivity index (χ2n) is 5.97. The summed E-state index contributed by atoms with van der Waals surface area (Å²) in [7, 11) is 0. The lowest BCUT2D eigenvalue weighted by Gasteiger charge is -2.10. The Labute approximate surface area is 129 Å². The highest BCUT2D eigenvalue weighted by Crippen LogP contribution is 2.41. The summed E-state index contributed by atoms with van der Waals surface area (Å²) in [6, 6.07) is 23.4. The van der Waals surface area contributed by atoms with Crippen molar-refractivity contribution in [3.8, 4) is 0 Å². The Morgan fingerprint density at radius 3 is 2.68 bits per heavy atom. The number of nitrogens with zero attached hydrogens (tertiary/aromatic N) is 1. The van der Waals surface area contributed by atoms with E-state index in [1.54, 1.807) is 0 Å². The Morgan fingerprint density at radius 2 is 1.68 bits per heavy atom. The number of hydrogen-bond donors (Lipinski definition) is 0. The normalized spacial score (nSPS) is 22.1. The minimum absolute atomic E-state index is 0.158. The Balaban J connectivity index is 1.63. The van der Waals surface area contributed by atoms with Gasteiger partial charge < -0.3 is 4.74 Å². The van der Waals surface area contributed by atoms with E-state index in [4.69, 9.17) is 9.73 Å². The third-order valence-electron chi connectivity index (χ3n) is 4.69. The van der Waals surface area contributed by atoms with Crippen molar-refractivity contribution < 1.29 is 4.74 Å². The number of benzene rings is 3. The van der Waals surface area contributed by atoms with Gasteiger partial charge in [-0.25, -0.2) is 4.99 Å². The summed E-state index contributed by atoms with van der Waals surface area (Å²) in [6.07, 6.45) is 1.12. The van der Waals surface area contributed by atoms with Crippen LogP contribution in [0.5, 0.6) is 0 Å². The van der Waals surface area contributed by atoms with Gasteiger partial charge in [0.2, 0.25) is 5.90 Å².